The number of hydrogen-bond acceptors (Lipinski definition) is 6. The number of ether oxygens (including phenoxy) is 1. The minimum Gasteiger partial charge on any atom is -0.392 e. The molecule has 178 valence electrons. The van der Waals surface area contributed by atoms with Crippen LogP contribution in [0.5, 0.6) is 0 Å². The molecule has 34 heavy (non-hydrogen) atoms. The third-order valence-corrected chi connectivity index (χ3v) is 7.21. The maximum absolute atomic E-state index is 12.3. The van der Waals surface area contributed by atoms with Gasteiger partial charge in [-0.05, 0) is 47.9 Å². The van der Waals surface area contributed by atoms with E-state index < -0.39 is 0 Å². The van der Waals surface area contributed by atoms with Gasteiger partial charge in [0, 0.05) is 33.0 Å². The molecule has 1 aromatic heterocycles. The molecule has 0 radical (unpaired) electrons. The van der Waals surface area contributed by atoms with Crippen molar-refractivity contribution in [3.63, 3.8) is 0 Å². The predicted molar refractivity (Wildman–Crippen MR) is 139 cm³/mol. The molecule has 0 spiro atoms. The highest BCUT2D eigenvalue weighted by molar-refractivity contribution is 7.18. The third kappa shape index (κ3) is 6.33. The highest BCUT2D eigenvalue weighted by atomic mass is 35.5. The number of halogens is 1. The number of carbonyl (C=O) groups is 1. The smallest absolute Gasteiger partial charge is 0.172 e. The Morgan fingerprint density at radius 2 is 1.91 bits per heavy atom. The summed E-state index contributed by atoms with van der Waals surface area (Å²) in [6.45, 7) is 2.46. The zero-order chi connectivity index (χ0) is 23.9. The van der Waals surface area contributed by atoms with Crippen molar-refractivity contribution in [2.45, 2.75) is 31.9 Å². The van der Waals surface area contributed by atoms with Crippen LogP contribution in [0.3, 0.4) is 0 Å². The minimum atomic E-state index is -0.0718. The van der Waals surface area contributed by atoms with Crippen molar-refractivity contribution in [3.8, 4) is 11.1 Å². The molecule has 0 bridgehead atoms. The molecule has 0 saturated carbocycles. The number of hydrogen-bond donors (Lipinski definition) is 0. The zero-order valence-corrected chi connectivity index (χ0v) is 21.1. The van der Waals surface area contributed by atoms with Gasteiger partial charge in [-0.3, -0.25) is 9.69 Å². The summed E-state index contributed by atoms with van der Waals surface area (Å²) in [7, 11) is 3.84. The van der Waals surface area contributed by atoms with Crippen LogP contribution in [0.25, 0.3) is 11.1 Å². The van der Waals surface area contributed by atoms with Gasteiger partial charge in [-0.15, -0.1) is 11.3 Å². The van der Waals surface area contributed by atoms with Gasteiger partial charge >= 0.3 is 0 Å². The van der Waals surface area contributed by atoms with E-state index in [1.807, 2.05) is 0 Å². The largest absolute Gasteiger partial charge is 0.392 e. The van der Waals surface area contributed by atoms with Crippen molar-refractivity contribution >= 4 is 34.4 Å². The van der Waals surface area contributed by atoms with Crippen molar-refractivity contribution in [3.05, 3.63) is 81.0 Å². The van der Waals surface area contributed by atoms with E-state index in [4.69, 9.17) is 21.2 Å². The molecule has 1 aliphatic heterocycles. The first-order chi connectivity index (χ1) is 16.5. The second kappa shape index (κ2) is 11.8. The summed E-state index contributed by atoms with van der Waals surface area (Å²) in [6.07, 6.45) is 1.71. The van der Waals surface area contributed by atoms with Crippen LogP contribution in [0.15, 0.2) is 65.8 Å². The van der Waals surface area contributed by atoms with Crippen LogP contribution >= 0.6 is 22.9 Å². The number of likely N-dealkylation sites (N-methyl/N-ethyl adjacent to an activating group) is 1. The van der Waals surface area contributed by atoms with E-state index in [0.29, 0.717) is 28.5 Å². The summed E-state index contributed by atoms with van der Waals surface area (Å²) in [5, 5.41) is 4.30. The summed E-state index contributed by atoms with van der Waals surface area (Å²) >= 11 is 7.26. The number of oxime groups is 1. The Morgan fingerprint density at radius 1 is 1.15 bits per heavy atom. The molecular weight excluding hydrogens is 468 g/mol. The first kappa shape index (κ1) is 24.6. The SMILES string of the molecule is COCCN(C)Cc1ccccc1-c1ccc(C2=NOC(CCC(=O)c3ccc(Cl)s3)C2)cc1. The Kier molecular flexibility index (Phi) is 8.51. The number of carbonyl (C=O) groups excluding carboxylic acids is 1. The summed E-state index contributed by atoms with van der Waals surface area (Å²) < 4.78 is 5.83. The van der Waals surface area contributed by atoms with Gasteiger partial charge in [-0.25, -0.2) is 0 Å². The second-order valence-corrected chi connectivity index (χ2v) is 10.2. The number of thiophene rings is 1. The van der Waals surface area contributed by atoms with Gasteiger partial charge in [-0.1, -0.05) is 65.3 Å². The van der Waals surface area contributed by atoms with Gasteiger partial charge in [0.2, 0.25) is 0 Å². The minimum absolute atomic E-state index is 0.0718. The van der Waals surface area contributed by atoms with E-state index in [-0.39, 0.29) is 11.9 Å². The van der Waals surface area contributed by atoms with Gasteiger partial charge in [0.25, 0.3) is 0 Å². The predicted octanol–water partition coefficient (Wildman–Crippen LogP) is 6.30. The van der Waals surface area contributed by atoms with E-state index >= 15 is 0 Å². The molecule has 2 aromatic carbocycles. The molecule has 0 amide bonds. The van der Waals surface area contributed by atoms with Crippen molar-refractivity contribution < 1.29 is 14.4 Å². The normalized spacial score (nSPS) is 15.4. The van der Waals surface area contributed by atoms with Gasteiger partial charge in [-0.2, -0.15) is 0 Å². The summed E-state index contributed by atoms with van der Waals surface area (Å²) in [4.78, 5) is 20.9. The van der Waals surface area contributed by atoms with Gasteiger partial charge < -0.3 is 9.57 Å². The van der Waals surface area contributed by atoms with Crippen LogP contribution in [0.4, 0.5) is 0 Å². The fraction of sp³-hybridized carbons (Fsp3) is 0.333. The molecular formula is C27H29ClN2O3S. The lowest BCUT2D eigenvalue weighted by Gasteiger charge is -2.18. The monoisotopic (exact) mass is 496 g/mol. The Bertz CT molecular complexity index is 1140. The van der Waals surface area contributed by atoms with E-state index in [9.17, 15) is 4.79 Å². The number of Topliss-reactive ketones (excluding diaryl/α,β-unsaturated/α-hetero) is 1. The average Bonchev–Trinajstić information content (AvgIpc) is 3.51. The van der Waals surface area contributed by atoms with Crippen molar-refractivity contribution in [2.75, 3.05) is 27.3 Å². The van der Waals surface area contributed by atoms with Crippen LogP contribution in [-0.2, 0) is 16.1 Å². The number of benzene rings is 2. The summed E-state index contributed by atoms with van der Waals surface area (Å²) in [6, 6.07) is 20.5. The average molecular weight is 497 g/mol. The standard InChI is InChI=1S/C27H29ClN2O3S/c1-30(15-16-32-2)18-21-5-3-4-6-23(21)19-7-9-20(10-8-19)24-17-22(33-29-24)11-12-25(31)26-13-14-27(28)34-26/h3-10,13-14,22H,11-12,15-18H2,1-2H3. The lowest BCUT2D eigenvalue weighted by molar-refractivity contribution is 0.0720. The van der Waals surface area contributed by atoms with Crippen LogP contribution in [-0.4, -0.2) is 49.8 Å². The Hall–Kier alpha value is -2.51. The maximum Gasteiger partial charge on any atom is 0.172 e. The topological polar surface area (TPSA) is 51.1 Å². The Labute approximate surface area is 209 Å². The quantitative estimate of drug-likeness (QED) is 0.292. The zero-order valence-electron chi connectivity index (χ0n) is 19.5. The van der Waals surface area contributed by atoms with Gasteiger partial charge in [0.05, 0.1) is 21.5 Å². The fourth-order valence-electron chi connectivity index (χ4n) is 4.03. The van der Waals surface area contributed by atoms with E-state index in [1.54, 1.807) is 19.2 Å². The van der Waals surface area contributed by atoms with Crippen LogP contribution in [0, 0.1) is 0 Å². The number of methoxy groups -OCH3 is 1. The molecule has 7 heteroatoms. The fourth-order valence-corrected chi connectivity index (χ4v) is 5.04. The maximum atomic E-state index is 12.3. The van der Waals surface area contributed by atoms with E-state index in [0.717, 1.165) is 31.0 Å². The highest BCUT2D eigenvalue weighted by Gasteiger charge is 2.23. The van der Waals surface area contributed by atoms with Crippen molar-refractivity contribution in [1.82, 2.24) is 4.90 Å². The Balaban J connectivity index is 1.35. The number of rotatable bonds is 11. The van der Waals surface area contributed by atoms with Gasteiger partial charge in [0.1, 0.15) is 6.10 Å². The number of ketones is 1. The number of nitrogens with zero attached hydrogens (tertiary/aromatic N) is 2. The highest BCUT2D eigenvalue weighted by Crippen LogP contribution is 2.28. The van der Waals surface area contributed by atoms with E-state index in [2.05, 4.69) is 65.6 Å². The first-order valence-electron chi connectivity index (χ1n) is 11.4. The molecule has 0 fully saturated rings. The van der Waals surface area contributed by atoms with E-state index in [1.165, 1.54) is 28.0 Å². The molecule has 1 aliphatic rings. The Morgan fingerprint density at radius 3 is 2.65 bits per heavy atom. The lowest BCUT2D eigenvalue weighted by atomic mass is 9.96. The second-order valence-electron chi connectivity index (χ2n) is 8.50. The van der Waals surface area contributed by atoms with Gasteiger partial charge in [0.15, 0.2) is 5.78 Å². The van der Waals surface area contributed by atoms with Crippen LogP contribution < -0.4 is 0 Å². The molecule has 2 heterocycles. The van der Waals surface area contributed by atoms with Crippen LogP contribution in [0.1, 0.15) is 40.1 Å². The molecule has 1 atom stereocenters. The molecule has 5 nitrogen and oxygen atoms in total. The first-order valence-corrected chi connectivity index (χ1v) is 12.6. The lowest BCUT2D eigenvalue weighted by Crippen LogP contribution is -2.22. The van der Waals surface area contributed by atoms with Crippen molar-refractivity contribution in [1.29, 1.82) is 0 Å². The molecule has 0 aliphatic carbocycles. The van der Waals surface area contributed by atoms with Crippen molar-refractivity contribution in [2.24, 2.45) is 5.16 Å². The molecule has 4 rings (SSSR count). The van der Waals surface area contributed by atoms with Crippen LogP contribution in [0.2, 0.25) is 4.34 Å². The molecule has 3 aromatic rings. The molecule has 1 unspecified atom stereocenters. The molecule has 0 saturated heterocycles. The summed E-state index contributed by atoms with van der Waals surface area (Å²) in [5.74, 6) is 0.102. The summed E-state index contributed by atoms with van der Waals surface area (Å²) in [5.41, 5.74) is 5.67. The third-order valence-electron chi connectivity index (χ3n) is 5.94. The molecule has 0 N–H and O–H groups in total.